The molecule has 2 N–H and O–H groups in total. The lowest BCUT2D eigenvalue weighted by Crippen LogP contribution is -2.54. The van der Waals surface area contributed by atoms with Gasteiger partial charge < -0.3 is 4.74 Å². The van der Waals surface area contributed by atoms with E-state index in [-0.39, 0.29) is 12.5 Å². The van der Waals surface area contributed by atoms with Crippen LogP contribution in [0.15, 0.2) is 66.7 Å². The standard InChI is InChI=1S/C20H18N2O3/c1-24-22-19(23)17-8-4-5-9-18(17)20(22,21)13-25-16-11-10-14-6-2-3-7-15(14)12-16/h2-12H,13,21H2,1H3. The molecular formula is C20H18N2O3. The molecule has 25 heavy (non-hydrogen) atoms. The molecule has 0 aromatic heterocycles. The summed E-state index contributed by atoms with van der Waals surface area (Å²) in [5, 5.41) is 3.40. The molecule has 1 aliphatic rings. The third kappa shape index (κ3) is 2.45. The van der Waals surface area contributed by atoms with E-state index in [0.717, 1.165) is 10.8 Å². The molecule has 126 valence electrons. The molecule has 0 bridgehead atoms. The van der Waals surface area contributed by atoms with E-state index in [2.05, 4.69) is 0 Å². The van der Waals surface area contributed by atoms with E-state index < -0.39 is 5.66 Å². The lowest BCUT2D eigenvalue weighted by Gasteiger charge is -2.33. The molecule has 0 radical (unpaired) electrons. The van der Waals surface area contributed by atoms with Gasteiger partial charge in [-0.25, -0.2) is 0 Å². The minimum atomic E-state index is -1.17. The fourth-order valence-electron chi connectivity index (χ4n) is 3.28. The van der Waals surface area contributed by atoms with Crippen LogP contribution in [0.2, 0.25) is 0 Å². The molecule has 3 aromatic carbocycles. The summed E-state index contributed by atoms with van der Waals surface area (Å²) in [7, 11) is 1.43. The monoisotopic (exact) mass is 334 g/mol. The third-order valence-corrected chi connectivity index (χ3v) is 4.53. The van der Waals surface area contributed by atoms with Crippen LogP contribution in [0.3, 0.4) is 0 Å². The molecule has 1 atom stereocenters. The van der Waals surface area contributed by atoms with Crippen molar-refractivity contribution in [2.75, 3.05) is 13.7 Å². The number of hydroxylamine groups is 2. The Labute approximate surface area is 145 Å². The normalized spacial score (nSPS) is 19.3. The van der Waals surface area contributed by atoms with Crippen molar-refractivity contribution in [2.45, 2.75) is 5.66 Å². The van der Waals surface area contributed by atoms with Gasteiger partial charge in [0.1, 0.15) is 12.4 Å². The SMILES string of the molecule is CON1C(=O)c2ccccc2C1(N)COc1ccc2ccccc2c1. The number of fused-ring (bicyclic) bond motifs is 2. The van der Waals surface area contributed by atoms with Crippen LogP contribution in [0.1, 0.15) is 15.9 Å². The summed E-state index contributed by atoms with van der Waals surface area (Å²) < 4.78 is 5.94. The van der Waals surface area contributed by atoms with Crippen molar-refractivity contribution in [2.24, 2.45) is 5.73 Å². The van der Waals surface area contributed by atoms with Crippen LogP contribution in [-0.4, -0.2) is 24.7 Å². The number of nitrogens with zero attached hydrogens (tertiary/aromatic N) is 1. The van der Waals surface area contributed by atoms with Gasteiger partial charge in [0.05, 0.1) is 7.11 Å². The molecule has 0 spiro atoms. The Morgan fingerprint density at radius 2 is 1.72 bits per heavy atom. The summed E-state index contributed by atoms with van der Waals surface area (Å²) in [6, 6.07) is 21.1. The molecular weight excluding hydrogens is 316 g/mol. The molecule has 0 fully saturated rings. The van der Waals surface area contributed by atoms with Gasteiger partial charge in [-0.15, -0.1) is 0 Å². The lowest BCUT2D eigenvalue weighted by molar-refractivity contribution is -0.167. The van der Waals surface area contributed by atoms with Gasteiger partial charge in [0.25, 0.3) is 5.91 Å². The number of benzene rings is 3. The van der Waals surface area contributed by atoms with Crippen LogP contribution in [0.25, 0.3) is 10.8 Å². The maximum Gasteiger partial charge on any atom is 0.280 e. The van der Waals surface area contributed by atoms with Crippen molar-refractivity contribution in [3.05, 3.63) is 77.9 Å². The van der Waals surface area contributed by atoms with Crippen LogP contribution in [0.5, 0.6) is 5.75 Å². The molecule has 0 saturated carbocycles. The van der Waals surface area contributed by atoms with Gasteiger partial charge in [-0.3, -0.25) is 15.4 Å². The van der Waals surface area contributed by atoms with E-state index in [0.29, 0.717) is 16.9 Å². The van der Waals surface area contributed by atoms with Crippen LogP contribution in [0.4, 0.5) is 0 Å². The zero-order valence-corrected chi connectivity index (χ0v) is 13.8. The van der Waals surface area contributed by atoms with Gasteiger partial charge in [0, 0.05) is 11.1 Å². The number of hydrogen-bond donors (Lipinski definition) is 1. The number of hydrogen-bond acceptors (Lipinski definition) is 4. The number of carbonyl (C=O) groups is 1. The van der Waals surface area contributed by atoms with E-state index in [1.54, 1.807) is 12.1 Å². The van der Waals surface area contributed by atoms with Gasteiger partial charge in [-0.05, 0) is 29.0 Å². The van der Waals surface area contributed by atoms with Crippen LogP contribution in [-0.2, 0) is 10.5 Å². The summed E-state index contributed by atoms with van der Waals surface area (Å²) in [6.07, 6.45) is 0. The average molecular weight is 334 g/mol. The quantitative estimate of drug-likeness (QED) is 0.796. The second kappa shape index (κ2) is 5.88. The number of rotatable bonds is 4. The third-order valence-electron chi connectivity index (χ3n) is 4.53. The van der Waals surface area contributed by atoms with E-state index in [1.807, 2.05) is 54.6 Å². The second-order valence-corrected chi connectivity index (χ2v) is 6.05. The molecule has 4 rings (SSSR count). The fourth-order valence-corrected chi connectivity index (χ4v) is 3.28. The lowest BCUT2D eigenvalue weighted by atomic mass is 10.0. The first-order valence-corrected chi connectivity index (χ1v) is 8.02. The minimum Gasteiger partial charge on any atom is -0.489 e. The summed E-state index contributed by atoms with van der Waals surface area (Å²) in [5.41, 5.74) is 6.59. The maximum atomic E-state index is 12.5. The van der Waals surface area contributed by atoms with Crippen molar-refractivity contribution in [3.8, 4) is 5.75 Å². The largest absolute Gasteiger partial charge is 0.489 e. The number of nitrogens with two attached hydrogens (primary N) is 1. The molecule has 1 amide bonds. The van der Waals surface area contributed by atoms with Crippen molar-refractivity contribution >= 4 is 16.7 Å². The smallest absolute Gasteiger partial charge is 0.280 e. The summed E-state index contributed by atoms with van der Waals surface area (Å²) in [5.74, 6) is 0.430. The fraction of sp³-hybridized carbons (Fsp3) is 0.150. The summed E-state index contributed by atoms with van der Waals surface area (Å²) in [6.45, 7) is 0.0853. The Morgan fingerprint density at radius 1 is 1.00 bits per heavy atom. The Bertz CT molecular complexity index is 956. The van der Waals surface area contributed by atoms with Crippen molar-refractivity contribution < 1.29 is 14.4 Å². The van der Waals surface area contributed by atoms with Gasteiger partial charge in [0.15, 0.2) is 5.66 Å². The average Bonchev–Trinajstić information content (AvgIpc) is 2.87. The molecule has 3 aromatic rings. The first-order valence-electron chi connectivity index (χ1n) is 8.02. The van der Waals surface area contributed by atoms with Crippen LogP contribution < -0.4 is 10.5 Å². The Kier molecular flexibility index (Phi) is 3.67. The molecule has 1 heterocycles. The maximum absolute atomic E-state index is 12.5. The Hall–Kier alpha value is -2.89. The molecule has 5 nitrogen and oxygen atoms in total. The molecule has 1 aliphatic heterocycles. The van der Waals surface area contributed by atoms with Gasteiger partial charge in [-0.1, -0.05) is 48.5 Å². The number of amides is 1. The summed E-state index contributed by atoms with van der Waals surface area (Å²) >= 11 is 0. The van der Waals surface area contributed by atoms with Gasteiger partial charge in [0.2, 0.25) is 0 Å². The topological polar surface area (TPSA) is 64.8 Å². The molecule has 0 aliphatic carbocycles. The molecule has 5 heteroatoms. The van der Waals surface area contributed by atoms with E-state index >= 15 is 0 Å². The molecule has 1 unspecified atom stereocenters. The van der Waals surface area contributed by atoms with Gasteiger partial charge in [-0.2, -0.15) is 5.06 Å². The molecule has 0 saturated heterocycles. The van der Waals surface area contributed by atoms with Crippen LogP contribution in [0, 0.1) is 0 Å². The summed E-state index contributed by atoms with van der Waals surface area (Å²) in [4.78, 5) is 17.8. The second-order valence-electron chi connectivity index (χ2n) is 6.05. The predicted octanol–water partition coefficient (Wildman–Crippen LogP) is 3.05. The minimum absolute atomic E-state index is 0.0853. The van der Waals surface area contributed by atoms with Crippen LogP contribution >= 0.6 is 0 Å². The van der Waals surface area contributed by atoms with E-state index in [1.165, 1.54) is 12.2 Å². The number of carbonyl (C=O) groups excluding carboxylic acids is 1. The predicted molar refractivity (Wildman–Crippen MR) is 94.9 cm³/mol. The Morgan fingerprint density at radius 3 is 2.52 bits per heavy atom. The van der Waals surface area contributed by atoms with Crippen molar-refractivity contribution in [1.29, 1.82) is 0 Å². The van der Waals surface area contributed by atoms with Gasteiger partial charge >= 0.3 is 0 Å². The van der Waals surface area contributed by atoms with Crippen molar-refractivity contribution in [3.63, 3.8) is 0 Å². The number of ether oxygens (including phenoxy) is 1. The van der Waals surface area contributed by atoms with E-state index in [9.17, 15) is 4.79 Å². The highest BCUT2D eigenvalue weighted by molar-refractivity contribution is 5.99. The van der Waals surface area contributed by atoms with E-state index in [4.69, 9.17) is 15.3 Å². The Balaban J connectivity index is 1.65. The highest BCUT2D eigenvalue weighted by Gasteiger charge is 2.48. The first kappa shape index (κ1) is 15.6. The zero-order chi connectivity index (χ0) is 17.4. The highest BCUT2D eigenvalue weighted by Crippen LogP contribution is 2.36. The highest BCUT2D eigenvalue weighted by atomic mass is 16.7. The van der Waals surface area contributed by atoms with Crippen molar-refractivity contribution in [1.82, 2.24) is 5.06 Å². The zero-order valence-electron chi connectivity index (χ0n) is 13.8. The first-order chi connectivity index (χ1) is 12.1.